The summed E-state index contributed by atoms with van der Waals surface area (Å²) >= 11 is 2.01. The van der Waals surface area contributed by atoms with E-state index in [0.29, 0.717) is 10.0 Å². The number of esters is 1. The Kier molecular flexibility index (Phi) is 5.49. The number of ether oxygens (including phenoxy) is 1. The Labute approximate surface area is 79.6 Å². The number of aliphatic hydroxyl groups excluding tert-OH is 1. The van der Waals surface area contributed by atoms with E-state index >= 15 is 0 Å². The number of hydrogen-bond acceptors (Lipinski definition) is 3. The molecule has 1 atom stereocenters. The van der Waals surface area contributed by atoms with Crippen LogP contribution in [0.1, 0.15) is 6.92 Å². The van der Waals surface area contributed by atoms with Crippen LogP contribution in [0.3, 0.4) is 0 Å². The Morgan fingerprint density at radius 3 is 2.73 bits per heavy atom. The van der Waals surface area contributed by atoms with Crippen molar-refractivity contribution in [3.63, 3.8) is 0 Å². The van der Waals surface area contributed by atoms with Crippen LogP contribution in [0.4, 0.5) is 0 Å². The molecule has 0 rings (SSSR count). The normalized spacial score (nSPS) is 12.3. The lowest BCUT2D eigenvalue weighted by Crippen LogP contribution is -2.19. The molecular weight excluding hydrogens is 259 g/mol. The Balaban J connectivity index is 3.54. The third-order valence-electron chi connectivity index (χ3n) is 0.933. The Bertz CT molecular complexity index is 156. The Hall–Kier alpha value is -0.100. The van der Waals surface area contributed by atoms with Crippen LogP contribution in [-0.4, -0.2) is 28.2 Å². The molecule has 4 heteroatoms. The van der Waals surface area contributed by atoms with Gasteiger partial charge in [-0.15, -0.1) is 0 Å². The summed E-state index contributed by atoms with van der Waals surface area (Å²) in [4.78, 5) is 10.7. The lowest BCUT2D eigenvalue weighted by molar-refractivity contribution is -0.141. The highest BCUT2D eigenvalue weighted by molar-refractivity contribution is 14.1. The quantitative estimate of drug-likeness (QED) is 0.357. The van der Waals surface area contributed by atoms with Crippen molar-refractivity contribution in [3.05, 3.63) is 12.2 Å². The van der Waals surface area contributed by atoms with Gasteiger partial charge in [-0.3, -0.25) is 0 Å². The molecule has 3 nitrogen and oxygen atoms in total. The van der Waals surface area contributed by atoms with E-state index in [9.17, 15) is 4.79 Å². The van der Waals surface area contributed by atoms with Gasteiger partial charge in [0.2, 0.25) is 0 Å². The van der Waals surface area contributed by atoms with Gasteiger partial charge in [-0.1, -0.05) is 29.2 Å². The highest BCUT2D eigenvalue weighted by atomic mass is 127. The average Bonchev–Trinajstić information content (AvgIpc) is 1.99. The lowest BCUT2D eigenvalue weighted by atomic mass is 10.3. The van der Waals surface area contributed by atoms with Crippen molar-refractivity contribution in [1.29, 1.82) is 0 Å². The minimum absolute atomic E-state index is 0.0502. The van der Waals surface area contributed by atoms with Crippen molar-refractivity contribution in [2.24, 2.45) is 0 Å². The van der Waals surface area contributed by atoms with Gasteiger partial charge in [0.25, 0.3) is 0 Å². The molecule has 0 aromatic heterocycles. The molecular formula is C7H11IO3. The highest BCUT2D eigenvalue weighted by Gasteiger charge is 2.06. The van der Waals surface area contributed by atoms with Crippen LogP contribution in [0.2, 0.25) is 0 Å². The molecule has 0 heterocycles. The number of rotatable bonds is 4. The van der Waals surface area contributed by atoms with Crippen molar-refractivity contribution >= 4 is 28.6 Å². The molecule has 0 aromatic carbocycles. The molecule has 11 heavy (non-hydrogen) atoms. The molecule has 0 radical (unpaired) electrons. The molecule has 0 bridgehead atoms. The fourth-order valence-corrected chi connectivity index (χ4v) is 0.594. The van der Waals surface area contributed by atoms with Gasteiger partial charge in [0.15, 0.2) is 0 Å². The van der Waals surface area contributed by atoms with Crippen LogP contribution in [-0.2, 0) is 9.53 Å². The first-order valence-corrected chi connectivity index (χ1v) is 4.67. The summed E-state index contributed by atoms with van der Waals surface area (Å²) in [5.74, 6) is -0.450. The number of carbonyl (C=O) groups is 1. The smallest absolute Gasteiger partial charge is 0.333 e. The van der Waals surface area contributed by atoms with Gasteiger partial charge in [-0.25, -0.2) is 4.79 Å². The fourth-order valence-electron chi connectivity index (χ4n) is 0.340. The van der Waals surface area contributed by atoms with Crippen molar-refractivity contribution in [2.45, 2.75) is 13.0 Å². The van der Waals surface area contributed by atoms with Crippen LogP contribution in [0.15, 0.2) is 12.2 Å². The molecule has 0 aliphatic heterocycles. The Morgan fingerprint density at radius 1 is 1.82 bits per heavy atom. The monoisotopic (exact) mass is 270 g/mol. The van der Waals surface area contributed by atoms with Crippen LogP contribution in [0, 0.1) is 0 Å². The van der Waals surface area contributed by atoms with Gasteiger partial charge >= 0.3 is 5.97 Å². The second kappa shape index (κ2) is 5.54. The molecule has 0 saturated heterocycles. The summed E-state index contributed by atoms with van der Waals surface area (Å²) in [5, 5.41) is 8.97. The molecule has 1 unspecified atom stereocenters. The second-order valence-corrected chi connectivity index (χ2v) is 3.07. The summed E-state index contributed by atoms with van der Waals surface area (Å²) < 4.78 is 5.22. The summed E-state index contributed by atoms with van der Waals surface area (Å²) in [6, 6.07) is 0. The predicted octanol–water partition coefficient (Wildman–Crippen LogP) is 0.902. The second-order valence-electron chi connectivity index (χ2n) is 2.19. The largest absolute Gasteiger partial charge is 0.460 e. The van der Waals surface area contributed by atoms with Crippen LogP contribution in [0.5, 0.6) is 0 Å². The number of hydrogen-bond donors (Lipinski definition) is 1. The maximum atomic E-state index is 10.7. The van der Waals surface area contributed by atoms with E-state index < -0.39 is 12.1 Å². The zero-order valence-electron chi connectivity index (χ0n) is 6.34. The van der Waals surface area contributed by atoms with Crippen molar-refractivity contribution in [1.82, 2.24) is 0 Å². The first kappa shape index (κ1) is 10.9. The van der Waals surface area contributed by atoms with Crippen molar-refractivity contribution in [3.8, 4) is 0 Å². The molecule has 0 aromatic rings. The number of aliphatic hydroxyl groups is 1. The van der Waals surface area contributed by atoms with E-state index in [4.69, 9.17) is 5.11 Å². The van der Waals surface area contributed by atoms with E-state index in [0.717, 1.165) is 0 Å². The molecule has 64 valence electrons. The maximum Gasteiger partial charge on any atom is 0.333 e. The third kappa shape index (κ3) is 5.20. The SMILES string of the molecule is C=C(C)C(=O)OCC(O)CI. The van der Waals surface area contributed by atoms with Gasteiger partial charge in [0.1, 0.15) is 6.61 Å². The topological polar surface area (TPSA) is 46.5 Å². The fraction of sp³-hybridized carbons (Fsp3) is 0.571. The van der Waals surface area contributed by atoms with Gasteiger partial charge < -0.3 is 9.84 Å². The molecule has 0 saturated carbocycles. The van der Waals surface area contributed by atoms with Gasteiger partial charge in [-0.05, 0) is 6.92 Å². The summed E-state index contributed by atoms with van der Waals surface area (Å²) in [7, 11) is 0. The lowest BCUT2D eigenvalue weighted by Gasteiger charge is -2.07. The zero-order chi connectivity index (χ0) is 8.85. The summed E-state index contributed by atoms with van der Waals surface area (Å²) in [6.07, 6.45) is -0.570. The van der Waals surface area contributed by atoms with Crippen LogP contribution in [0.25, 0.3) is 0 Å². The molecule has 0 amide bonds. The minimum atomic E-state index is -0.570. The maximum absolute atomic E-state index is 10.7. The number of alkyl halides is 1. The summed E-state index contributed by atoms with van der Waals surface area (Å²) in [5.41, 5.74) is 0.352. The number of carbonyl (C=O) groups excluding carboxylic acids is 1. The first-order chi connectivity index (χ1) is 5.07. The molecule has 0 spiro atoms. The van der Waals surface area contributed by atoms with Crippen LogP contribution >= 0.6 is 22.6 Å². The van der Waals surface area contributed by atoms with Gasteiger partial charge in [-0.2, -0.15) is 0 Å². The van der Waals surface area contributed by atoms with E-state index in [1.807, 2.05) is 22.6 Å². The van der Waals surface area contributed by atoms with Crippen LogP contribution < -0.4 is 0 Å². The van der Waals surface area contributed by atoms with Crippen molar-refractivity contribution in [2.75, 3.05) is 11.0 Å². The van der Waals surface area contributed by atoms with E-state index in [1.54, 1.807) is 6.92 Å². The molecule has 0 aliphatic rings. The van der Waals surface area contributed by atoms with Crippen molar-refractivity contribution < 1.29 is 14.6 Å². The molecule has 1 N–H and O–H groups in total. The highest BCUT2D eigenvalue weighted by Crippen LogP contribution is 1.96. The third-order valence-corrected chi connectivity index (χ3v) is 1.95. The predicted molar refractivity (Wildman–Crippen MR) is 50.7 cm³/mol. The van der Waals surface area contributed by atoms with E-state index in [-0.39, 0.29) is 6.61 Å². The number of halogens is 1. The zero-order valence-corrected chi connectivity index (χ0v) is 8.50. The Morgan fingerprint density at radius 2 is 2.36 bits per heavy atom. The minimum Gasteiger partial charge on any atom is -0.460 e. The van der Waals surface area contributed by atoms with E-state index in [1.165, 1.54) is 0 Å². The van der Waals surface area contributed by atoms with E-state index in [2.05, 4.69) is 11.3 Å². The average molecular weight is 270 g/mol. The molecule has 0 aliphatic carbocycles. The van der Waals surface area contributed by atoms with Gasteiger partial charge in [0, 0.05) is 10.0 Å². The van der Waals surface area contributed by atoms with Gasteiger partial charge in [0.05, 0.1) is 6.10 Å². The standard InChI is InChI=1S/C7H11IO3/c1-5(2)7(10)11-4-6(9)3-8/h6,9H,1,3-4H2,2H3. The first-order valence-electron chi connectivity index (χ1n) is 3.14. The summed E-state index contributed by atoms with van der Waals surface area (Å²) in [6.45, 7) is 5.02. The molecule has 0 fully saturated rings.